The van der Waals surface area contributed by atoms with Crippen LogP contribution in [0, 0.1) is 6.92 Å². The van der Waals surface area contributed by atoms with E-state index in [4.69, 9.17) is 4.74 Å². The molecular formula is C28H23N3OS. The van der Waals surface area contributed by atoms with Gasteiger partial charge in [0.2, 0.25) is 5.13 Å². The Kier molecular flexibility index (Phi) is 6.13. The standard InChI is InChI=1S/C28H23N3OS/c1-20-11-13-23(14-12-20)26-19-33-28(30-26)31-29-17-25-24-10-6-5-9-22(24)15-16-27(25)32-18-21-7-3-2-4-8-21/h2-17,19H,18H2,1H3,(H,30,31)/b29-17-. The molecule has 0 saturated carbocycles. The topological polar surface area (TPSA) is 46.5 Å². The molecule has 0 radical (unpaired) electrons. The molecule has 0 atom stereocenters. The summed E-state index contributed by atoms with van der Waals surface area (Å²) in [6.07, 6.45) is 1.82. The van der Waals surface area contributed by atoms with Crippen LogP contribution in [0.1, 0.15) is 16.7 Å². The van der Waals surface area contributed by atoms with E-state index in [1.165, 1.54) is 16.9 Å². The van der Waals surface area contributed by atoms with Crippen molar-refractivity contribution in [3.8, 4) is 17.0 Å². The zero-order chi connectivity index (χ0) is 22.5. The monoisotopic (exact) mass is 449 g/mol. The molecule has 0 aliphatic rings. The van der Waals surface area contributed by atoms with E-state index in [9.17, 15) is 0 Å². The lowest BCUT2D eigenvalue weighted by Crippen LogP contribution is -2.00. The second-order valence-electron chi connectivity index (χ2n) is 7.75. The van der Waals surface area contributed by atoms with E-state index < -0.39 is 0 Å². The molecule has 4 nitrogen and oxygen atoms in total. The van der Waals surface area contributed by atoms with E-state index in [2.05, 4.69) is 77.0 Å². The van der Waals surface area contributed by atoms with Crippen LogP contribution in [-0.2, 0) is 6.61 Å². The number of fused-ring (bicyclic) bond motifs is 1. The molecule has 1 heterocycles. The zero-order valence-electron chi connectivity index (χ0n) is 18.2. The number of thiazole rings is 1. The van der Waals surface area contributed by atoms with Gasteiger partial charge in [-0.25, -0.2) is 4.98 Å². The number of hydrogen-bond donors (Lipinski definition) is 1. The van der Waals surface area contributed by atoms with Crippen LogP contribution in [0.3, 0.4) is 0 Å². The number of hydrogen-bond acceptors (Lipinski definition) is 5. The van der Waals surface area contributed by atoms with E-state index in [0.29, 0.717) is 6.61 Å². The van der Waals surface area contributed by atoms with Crippen LogP contribution in [0.5, 0.6) is 5.75 Å². The Balaban J connectivity index is 1.37. The number of anilines is 1. The van der Waals surface area contributed by atoms with Crippen molar-refractivity contribution in [3.63, 3.8) is 0 Å². The number of aromatic nitrogens is 1. The van der Waals surface area contributed by atoms with Gasteiger partial charge in [0.05, 0.1) is 11.9 Å². The summed E-state index contributed by atoms with van der Waals surface area (Å²) >= 11 is 1.53. The first kappa shape index (κ1) is 20.9. The number of benzene rings is 4. The molecule has 0 aliphatic heterocycles. The Bertz CT molecular complexity index is 1390. The summed E-state index contributed by atoms with van der Waals surface area (Å²) in [5, 5.41) is 9.50. The predicted molar refractivity (Wildman–Crippen MR) is 138 cm³/mol. The average molecular weight is 450 g/mol. The van der Waals surface area contributed by atoms with Crippen molar-refractivity contribution in [2.24, 2.45) is 5.10 Å². The fourth-order valence-corrected chi connectivity index (χ4v) is 4.27. The van der Waals surface area contributed by atoms with Crippen LogP contribution in [-0.4, -0.2) is 11.2 Å². The Labute approximate surface area is 197 Å². The Morgan fingerprint density at radius 2 is 1.70 bits per heavy atom. The highest BCUT2D eigenvalue weighted by molar-refractivity contribution is 7.14. The molecule has 1 N–H and O–H groups in total. The van der Waals surface area contributed by atoms with Crippen molar-refractivity contribution in [1.29, 1.82) is 0 Å². The molecule has 0 bridgehead atoms. The van der Waals surface area contributed by atoms with Crippen LogP contribution in [0.15, 0.2) is 101 Å². The van der Waals surface area contributed by atoms with Crippen LogP contribution < -0.4 is 10.2 Å². The van der Waals surface area contributed by atoms with Crippen molar-refractivity contribution in [3.05, 3.63) is 113 Å². The fourth-order valence-electron chi connectivity index (χ4n) is 3.60. The van der Waals surface area contributed by atoms with Gasteiger partial charge in [0.25, 0.3) is 0 Å². The minimum atomic E-state index is 0.500. The first-order valence-electron chi connectivity index (χ1n) is 10.8. The van der Waals surface area contributed by atoms with Gasteiger partial charge in [-0.3, -0.25) is 5.43 Å². The average Bonchev–Trinajstić information content (AvgIpc) is 3.33. The molecule has 0 unspecified atom stereocenters. The van der Waals surface area contributed by atoms with E-state index in [1.807, 2.05) is 48.0 Å². The first-order valence-corrected chi connectivity index (χ1v) is 11.6. The highest BCUT2D eigenvalue weighted by Gasteiger charge is 2.08. The van der Waals surface area contributed by atoms with Crippen LogP contribution in [0.4, 0.5) is 5.13 Å². The third-order valence-electron chi connectivity index (χ3n) is 5.37. The summed E-state index contributed by atoms with van der Waals surface area (Å²) in [6.45, 7) is 2.58. The smallest absolute Gasteiger partial charge is 0.203 e. The molecule has 4 aromatic carbocycles. The summed E-state index contributed by atoms with van der Waals surface area (Å²) in [6, 6.07) is 30.9. The molecule has 33 heavy (non-hydrogen) atoms. The lowest BCUT2D eigenvalue weighted by atomic mass is 10.0. The van der Waals surface area contributed by atoms with Gasteiger partial charge in [0.15, 0.2) is 0 Å². The van der Waals surface area contributed by atoms with Crippen LogP contribution >= 0.6 is 11.3 Å². The van der Waals surface area contributed by atoms with E-state index in [-0.39, 0.29) is 0 Å². The quantitative estimate of drug-likeness (QED) is 0.209. The third kappa shape index (κ3) is 4.94. The van der Waals surface area contributed by atoms with Crippen molar-refractivity contribution >= 4 is 33.5 Å². The second-order valence-corrected chi connectivity index (χ2v) is 8.60. The molecule has 0 aliphatic carbocycles. The van der Waals surface area contributed by atoms with E-state index >= 15 is 0 Å². The lowest BCUT2D eigenvalue weighted by Gasteiger charge is -2.12. The first-order chi connectivity index (χ1) is 16.3. The molecular weight excluding hydrogens is 426 g/mol. The Morgan fingerprint density at radius 3 is 2.55 bits per heavy atom. The number of nitrogens with zero attached hydrogens (tertiary/aromatic N) is 2. The van der Waals surface area contributed by atoms with Crippen molar-refractivity contribution in [1.82, 2.24) is 4.98 Å². The maximum absolute atomic E-state index is 6.17. The summed E-state index contributed by atoms with van der Waals surface area (Å²) in [5.41, 5.74) is 8.41. The number of ether oxygens (including phenoxy) is 1. The molecule has 5 heteroatoms. The Morgan fingerprint density at radius 1 is 0.909 bits per heavy atom. The largest absolute Gasteiger partial charge is 0.488 e. The van der Waals surface area contributed by atoms with Gasteiger partial charge in [0.1, 0.15) is 12.4 Å². The Hall–Kier alpha value is -3.96. The summed E-state index contributed by atoms with van der Waals surface area (Å²) in [4.78, 5) is 4.66. The van der Waals surface area contributed by atoms with E-state index in [1.54, 1.807) is 0 Å². The van der Waals surface area contributed by atoms with Crippen molar-refractivity contribution < 1.29 is 4.74 Å². The summed E-state index contributed by atoms with van der Waals surface area (Å²) in [7, 11) is 0. The second kappa shape index (κ2) is 9.67. The summed E-state index contributed by atoms with van der Waals surface area (Å²) < 4.78 is 6.17. The summed E-state index contributed by atoms with van der Waals surface area (Å²) in [5.74, 6) is 0.794. The van der Waals surface area contributed by atoms with Gasteiger partial charge < -0.3 is 4.74 Å². The molecule has 0 amide bonds. The molecule has 0 saturated heterocycles. The number of aryl methyl sites for hydroxylation is 1. The zero-order valence-corrected chi connectivity index (χ0v) is 19.0. The van der Waals surface area contributed by atoms with Crippen LogP contribution in [0.2, 0.25) is 0 Å². The van der Waals surface area contributed by atoms with Crippen molar-refractivity contribution in [2.45, 2.75) is 13.5 Å². The van der Waals surface area contributed by atoms with Gasteiger partial charge in [-0.05, 0) is 29.3 Å². The highest BCUT2D eigenvalue weighted by Crippen LogP contribution is 2.28. The van der Waals surface area contributed by atoms with Gasteiger partial charge in [0, 0.05) is 16.5 Å². The highest BCUT2D eigenvalue weighted by atomic mass is 32.1. The number of nitrogens with one attached hydrogen (secondary N) is 1. The maximum Gasteiger partial charge on any atom is 0.203 e. The minimum absolute atomic E-state index is 0.500. The van der Waals surface area contributed by atoms with E-state index in [0.717, 1.165) is 44.0 Å². The number of hydrazone groups is 1. The maximum atomic E-state index is 6.17. The SMILES string of the molecule is Cc1ccc(-c2csc(N/N=C\c3c(OCc4ccccc4)ccc4ccccc34)n2)cc1. The molecule has 5 rings (SSSR count). The molecule has 162 valence electrons. The van der Waals surface area contributed by atoms with Crippen molar-refractivity contribution in [2.75, 3.05) is 5.43 Å². The molecule has 0 fully saturated rings. The fraction of sp³-hybridized carbons (Fsp3) is 0.0714. The van der Waals surface area contributed by atoms with Gasteiger partial charge in [-0.1, -0.05) is 90.5 Å². The molecule has 0 spiro atoms. The normalized spacial score (nSPS) is 11.2. The van der Waals surface area contributed by atoms with Crippen LogP contribution in [0.25, 0.3) is 22.0 Å². The third-order valence-corrected chi connectivity index (χ3v) is 6.12. The minimum Gasteiger partial charge on any atom is -0.488 e. The lowest BCUT2D eigenvalue weighted by molar-refractivity contribution is 0.306. The van der Waals surface area contributed by atoms with Gasteiger partial charge >= 0.3 is 0 Å². The number of rotatable bonds is 7. The molecule has 1 aromatic heterocycles. The van der Waals surface area contributed by atoms with Gasteiger partial charge in [-0.2, -0.15) is 5.10 Å². The predicted octanol–water partition coefficient (Wildman–Crippen LogP) is 7.30. The molecule has 5 aromatic rings. The van der Waals surface area contributed by atoms with Gasteiger partial charge in [-0.15, -0.1) is 11.3 Å².